The van der Waals surface area contributed by atoms with Crippen LogP contribution in [0.1, 0.15) is 29.5 Å². The van der Waals surface area contributed by atoms with Crippen LogP contribution in [-0.4, -0.2) is 11.1 Å². The van der Waals surface area contributed by atoms with E-state index in [2.05, 4.69) is 169 Å². The van der Waals surface area contributed by atoms with Gasteiger partial charge in [0.05, 0.1) is 6.16 Å². The molecule has 41 heavy (non-hydrogen) atoms. The maximum Gasteiger partial charge on any atom is 0.169 e. The van der Waals surface area contributed by atoms with Crippen molar-refractivity contribution in [2.24, 2.45) is 0 Å². The first-order chi connectivity index (χ1) is 20.2. The second kappa shape index (κ2) is 12.5. The van der Waals surface area contributed by atoms with Gasteiger partial charge in [-0.2, -0.15) is 0 Å². The molecule has 0 aliphatic rings. The van der Waals surface area contributed by atoms with Crippen molar-refractivity contribution in [3.8, 4) is 0 Å². The number of aromatic amines is 1. The van der Waals surface area contributed by atoms with E-state index in [-0.39, 0.29) is 0 Å². The van der Waals surface area contributed by atoms with Gasteiger partial charge in [0, 0.05) is 35.7 Å². The predicted octanol–water partition coefficient (Wildman–Crippen LogP) is 7.71. The molecule has 0 atom stereocenters. The van der Waals surface area contributed by atoms with Crippen LogP contribution in [0, 0.1) is 6.92 Å². The van der Waals surface area contributed by atoms with E-state index < -0.39 is 7.26 Å². The van der Waals surface area contributed by atoms with Gasteiger partial charge in [-0.05, 0) is 73.0 Å². The van der Waals surface area contributed by atoms with Gasteiger partial charge in [0.25, 0.3) is 0 Å². The Labute approximate surface area is 244 Å². The fourth-order valence-electron chi connectivity index (χ4n) is 5.83. The van der Waals surface area contributed by atoms with Crippen LogP contribution in [0.25, 0.3) is 23.1 Å². The smallest absolute Gasteiger partial charge is 0.169 e. The van der Waals surface area contributed by atoms with Crippen molar-refractivity contribution in [1.29, 1.82) is 0 Å². The van der Waals surface area contributed by atoms with Crippen LogP contribution in [0.2, 0.25) is 0 Å². The third-order valence-electron chi connectivity index (χ3n) is 7.99. The summed E-state index contributed by atoms with van der Waals surface area (Å²) >= 11 is 0. The molecular formula is C38H37N2P+2. The van der Waals surface area contributed by atoms with Gasteiger partial charge in [0.15, 0.2) is 12.4 Å². The highest BCUT2D eigenvalue weighted by Gasteiger charge is 2.44. The topological polar surface area (TPSA) is 19.7 Å². The summed E-state index contributed by atoms with van der Waals surface area (Å²) in [7, 11) is -1.76. The van der Waals surface area contributed by atoms with Crippen LogP contribution in [0.3, 0.4) is 0 Å². The molecule has 6 aromatic rings. The molecule has 0 saturated carbocycles. The number of hydrogen-bond acceptors (Lipinski definition) is 0. The highest BCUT2D eigenvalue weighted by Crippen LogP contribution is 2.55. The van der Waals surface area contributed by atoms with Crippen molar-refractivity contribution in [2.75, 3.05) is 6.16 Å². The first-order valence-electron chi connectivity index (χ1n) is 14.5. The standard InChI is InChI=1S/C38H36N2P/c1-31-19-22-38-37(29-31)33(30-39-38)21-20-32-23-26-40(27-24-32)25-11-12-28-41(34-13-5-2-6-14-34,35-15-7-3-8-16-35)36-17-9-4-10-18-36/h2-10,13-24,26-27,29-30H,11-12,25,28H2,1H3/q+1/p+1. The van der Waals surface area contributed by atoms with Gasteiger partial charge in [0.1, 0.15) is 29.7 Å². The average Bonchev–Trinajstić information content (AvgIpc) is 3.44. The highest BCUT2D eigenvalue weighted by atomic mass is 31.2. The van der Waals surface area contributed by atoms with Gasteiger partial charge in [-0.1, -0.05) is 78.4 Å². The number of H-pyrrole nitrogens is 1. The molecule has 2 nitrogen and oxygen atoms in total. The molecule has 0 bridgehead atoms. The lowest BCUT2D eigenvalue weighted by molar-refractivity contribution is -0.697. The molecule has 2 aromatic heterocycles. The summed E-state index contributed by atoms with van der Waals surface area (Å²) in [5, 5.41) is 5.66. The Morgan fingerprint density at radius 1 is 0.659 bits per heavy atom. The quantitative estimate of drug-likeness (QED) is 0.102. The fourth-order valence-corrected chi connectivity index (χ4v) is 10.2. The average molecular weight is 553 g/mol. The third kappa shape index (κ3) is 5.94. The number of rotatable bonds is 10. The van der Waals surface area contributed by atoms with Gasteiger partial charge in [-0.25, -0.2) is 4.57 Å². The molecule has 3 heteroatoms. The second-order valence-corrected chi connectivity index (χ2v) is 14.4. The molecule has 0 radical (unpaired) electrons. The monoisotopic (exact) mass is 552 g/mol. The molecule has 1 N–H and O–H groups in total. The zero-order valence-electron chi connectivity index (χ0n) is 23.7. The van der Waals surface area contributed by atoms with Crippen molar-refractivity contribution in [2.45, 2.75) is 26.3 Å². The van der Waals surface area contributed by atoms with Crippen LogP contribution in [0.4, 0.5) is 0 Å². The highest BCUT2D eigenvalue weighted by molar-refractivity contribution is 7.95. The summed E-state index contributed by atoms with van der Waals surface area (Å²) in [4.78, 5) is 3.38. The number of aromatic nitrogens is 2. The van der Waals surface area contributed by atoms with Crippen molar-refractivity contribution in [3.63, 3.8) is 0 Å². The Kier molecular flexibility index (Phi) is 8.21. The number of aryl methyl sites for hydroxylation is 2. The summed E-state index contributed by atoms with van der Waals surface area (Å²) in [6.45, 7) is 3.16. The Bertz CT molecular complexity index is 1620. The molecule has 0 aliphatic heterocycles. The molecule has 0 amide bonds. The molecule has 6 rings (SSSR count). The number of pyridine rings is 1. The predicted molar refractivity (Wildman–Crippen MR) is 178 cm³/mol. The molecule has 0 fully saturated rings. The van der Waals surface area contributed by atoms with Gasteiger partial charge in [-0.3, -0.25) is 0 Å². The van der Waals surface area contributed by atoms with Crippen molar-refractivity contribution < 1.29 is 4.57 Å². The summed E-state index contributed by atoms with van der Waals surface area (Å²) in [6.07, 6.45) is 14.4. The number of nitrogens with one attached hydrogen (secondary N) is 1. The Hall–Kier alpha value is -4.26. The van der Waals surface area contributed by atoms with Crippen molar-refractivity contribution >= 4 is 46.2 Å². The number of fused-ring (bicyclic) bond motifs is 1. The van der Waals surface area contributed by atoms with E-state index in [9.17, 15) is 0 Å². The number of benzene rings is 4. The normalized spacial score (nSPS) is 11.8. The Balaban J connectivity index is 1.16. The van der Waals surface area contributed by atoms with Crippen LogP contribution in [0.15, 0.2) is 140 Å². The van der Waals surface area contributed by atoms with Gasteiger partial charge >= 0.3 is 0 Å². The maximum absolute atomic E-state index is 3.38. The second-order valence-electron chi connectivity index (χ2n) is 10.7. The van der Waals surface area contributed by atoms with E-state index in [1.54, 1.807) is 0 Å². The Morgan fingerprint density at radius 3 is 1.83 bits per heavy atom. The van der Waals surface area contributed by atoms with Crippen molar-refractivity contribution in [3.05, 3.63) is 157 Å². The third-order valence-corrected chi connectivity index (χ3v) is 12.5. The van der Waals surface area contributed by atoms with Crippen LogP contribution < -0.4 is 20.5 Å². The fraction of sp³-hybridized carbons (Fsp3) is 0.132. The molecular weight excluding hydrogens is 515 g/mol. The van der Waals surface area contributed by atoms with E-state index >= 15 is 0 Å². The van der Waals surface area contributed by atoms with Crippen LogP contribution in [-0.2, 0) is 6.54 Å². The maximum atomic E-state index is 3.38. The largest absolute Gasteiger partial charge is 0.361 e. The molecule has 2 heterocycles. The van der Waals surface area contributed by atoms with E-state index in [4.69, 9.17) is 0 Å². The van der Waals surface area contributed by atoms with Crippen molar-refractivity contribution in [1.82, 2.24) is 4.98 Å². The minimum atomic E-state index is -1.76. The first-order valence-corrected chi connectivity index (χ1v) is 16.5. The summed E-state index contributed by atoms with van der Waals surface area (Å²) in [5.41, 5.74) is 4.90. The lowest BCUT2D eigenvalue weighted by Crippen LogP contribution is -2.35. The molecule has 202 valence electrons. The molecule has 0 aliphatic carbocycles. The molecule has 0 saturated heterocycles. The van der Waals surface area contributed by atoms with Gasteiger partial charge in [0.2, 0.25) is 0 Å². The van der Waals surface area contributed by atoms with E-state index in [1.807, 2.05) is 0 Å². The van der Waals surface area contributed by atoms with Crippen LogP contribution in [0.5, 0.6) is 0 Å². The number of nitrogens with zero attached hydrogens (tertiary/aromatic N) is 1. The number of hydrogen-bond donors (Lipinski definition) is 1. The SMILES string of the molecule is Cc1ccc2[nH]cc(/C=C/c3cc[n+](CCCC[P+](c4ccccc4)(c4ccccc4)c4ccccc4)cc3)c2c1. The van der Waals surface area contributed by atoms with Gasteiger partial charge in [-0.15, -0.1) is 0 Å². The lowest BCUT2D eigenvalue weighted by atomic mass is 10.1. The van der Waals surface area contributed by atoms with E-state index in [1.165, 1.54) is 49.9 Å². The summed E-state index contributed by atoms with van der Waals surface area (Å²) < 4.78 is 2.32. The zero-order valence-corrected chi connectivity index (χ0v) is 24.6. The first kappa shape index (κ1) is 26.9. The summed E-state index contributed by atoms with van der Waals surface area (Å²) in [5.74, 6) is 0. The molecule has 4 aromatic carbocycles. The lowest BCUT2D eigenvalue weighted by Gasteiger charge is -2.27. The molecule has 0 unspecified atom stereocenters. The number of unbranched alkanes of at least 4 members (excludes halogenated alkanes) is 1. The summed E-state index contributed by atoms with van der Waals surface area (Å²) in [6, 6.07) is 44.6. The van der Waals surface area contributed by atoms with Gasteiger partial charge < -0.3 is 4.98 Å². The van der Waals surface area contributed by atoms with Crippen LogP contribution >= 0.6 is 7.26 Å². The Morgan fingerprint density at radius 2 is 1.24 bits per heavy atom. The minimum absolute atomic E-state index is 1.02. The van der Waals surface area contributed by atoms with E-state index in [0.29, 0.717) is 0 Å². The molecule has 0 spiro atoms. The zero-order chi connectivity index (χ0) is 27.9. The minimum Gasteiger partial charge on any atom is -0.361 e. The van der Waals surface area contributed by atoms with E-state index in [0.717, 1.165) is 19.1 Å².